The molecule has 0 aromatic heterocycles. The molecule has 1 aliphatic heterocycles. The van der Waals surface area contributed by atoms with Gasteiger partial charge in [0.05, 0.1) is 13.2 Å². The predicted octanol–water partition coefficient (Wildman–Crippen LogP) is 5.19. The van der Waals surface area contributed by atoms with Crippen molar-refractivity contribution in [3.8, 4) is 5.75 Å². The number of anilines is 3. The van der Waals surface area contributed by atoms with Gasteiger partial charge >= 0.3 is 0 Å². The van der Waals surface area contributed by atoms with Crippen LogP contribution in [0.2, 0.25) is 0 Å². The Bertz CT molecular complexity index is 1260. The van der Waals surface area contributed by atoms with Crippen LogP contribution in [-0.2, 0) is 9.59 Å². The molecule has 35 heavy (non-hydrogen) atoms. The molecule has 0 aliphatic carbocycles. The average molecular weight is 472 g/mol. The van der Waals surface area contributed by atoms with E-state index in [2.05, 4.69) is 5.32 Å². The Balaban J connectivity index is 1.74. The number of carbonyl (C=O) groups is 3. The van der Waals surface area contributed by atoms with Crippen LogP contribution in [0.5, 0.6) is 5.75 Å². The second-order valence-corrected chi connectivity index (χ2v) is 8.68. The SMILES string of the molecule is COc1ccc(C(=O)N2c3ccccc3[C@H](N(C(C)=O)c3cccc(NC(C)=O)c3)C[C@@H]2C)cc1. The molecule has 1 heterocycles. The molecule has 7 nitrogen and oxygen atoms in total. The van der Waals surface area contributed by atoms with E-state index in [0.717, 1.165) is 11.3 Å². The Morgan fingerprint density at radius 3 is 2.34 bits per heavy atom. The molecule has 7 heteroatoms. The number of methoxy groups -OCH3 is 1. The molecule has 4 rings (SSSR count). The number of para-hydroxylation sites is 1. The molecule has 0 saturated carbocycles. The van der Waals surface area contributed by atoms with Crippen molar-refractivity contribution >= 4 is 34.8 Å². The van der Waals surface area contributed by atoms with E-state index in [1.165, 1.54) is 13.8 Å². The van der Waals surface area contributed by atoms with Crippen molar-refractivity contribution in [2.24, 2.45) is 0 Å². The van der Waals surface area contributed by atoms with E-state index < -0.39 is 0 Å². The second kappa shape index (κ2) is 10.0. The number of nitrogens with zero attached hydrogens (tertiary/aromatic N) is 2. The highest BCUT2D eigenvalue weighted by Gasteiger charge is 2.38. The molecule has 1 aliphatic rings. The van der Waals surface area contributed by atoms with Gasteiger partial charge in [-0.15, -0.1) is 0 Å². The fraction of sp³-hybridized carbons (Fsp3) is 0.250. The van der Waals surface area contributed by atoms with Crippen LogP contribution >= 0.6 is 0 Å². The number of amides is 3. The summed E-state index contributed by atoms with van der Waals surface area (Å²) in [5.41, 5.74) is 3.55. The summed E-state index contributed by atoms with van der Waals surface area (Å²) < 4.78 is 5.22. The Hall–Kier alpha value is -4.13. The minimum Gasteiger partial charge on any atom is -0.497 e. The highest BCUT2D eigenvalue weighted by atomic mass is 16.5. The number of hydrogen-bond donors (Lipinski definition) is 1. The highest BCUT2D eigenvalue weighted by molar-refractivity contribution is 6.07. The molecule has 2 atom stereocenters. The molecule has 1 N–H and O–H groups in total. The summed E-state index contributed by atoms with van der Waals surface area (Å²) in [6, 6.07) is 21.6. The third-order valence-corrected chi connectivity index (χ3v) is 6.21. The van der Waals surface area contributed by atoms with Crippen LogP contribution in [0.3, 0.4) is 0 Å². The van der Waals surface area contributed by atoms with Crippen LogP contribution in [0.1, 0.15) is 49.2 Å². The van der Waals surface area contributed by atoms with E-state index in [1.54, 1.807) is 53.3 Å². The van der Waals surface area contributed by atoms with Gasteiger partial charge in [0.25, 0.3) is 5.91 Å². The van der Waals surface area contributed by atoms with Gasteiger partial charge in [0.1, 0.15) is 5.75 Å². The lowest BCUT2D eigenvalue weighted by atomic mass is 9.89. The number of hydrogen-bond acceptors (Lipinski definition) is 4. The van der Waals surface area contributed by atoms with Crippen molar-refractivity contribution in [2.75, 3.05) is 22.2 Å². The summed E-state index contributed by atoms with van der Waals surface area (Å²) in [5, 5.41) is 2.78. The number of rotatable bonds is 5. The summed E-state index contributed by atoms with van der Waals surface area (Å²) in [6.45, 7) is 4.98. The van der Waals surface area contributed by atoms with Crippen LogP contribution in [0.25, 0.3) is 0 Å². The normalized spacial score (nSPS) is 16.7. The first-order chi connectivity index (χ1) is 16.8. The zero-order valence-corrected chi connectivity index (χ0v) is 20.3. The third-order valence-electron chi connectivity index (χ3n) is 6.21. The number of benzene rings is 3. The van der Waals surface area contributed by atoms with Gasteiger partial charge in [-0.1, -0.05) is 24.3 Å². The van der Waals surface area contributed by atoms with Gasteiger partial charge in [-0.05, 0) is 67.4 Å². The predicted molar refractivity (Wildman–Crippen MR) is 137 cm³/mol. The van der Waals surface area contributed by atoms with Crippen LogP contribution in [0.4, 0.5) is 17.1 Å². The van der Waals surface area contributed by atoms with E-state index in [1.807, 2.05) is 43.3 Å². The number of carbonyl (C=O) groups excluding carboxylic acids is 3. The van der Waals surface area contributed by atoms with E-state index >= 15 is 0 Å². The summed E-state index contributed by atoms with van der Waals surface area (Å²) in [4.78, 5) is 41.6. The highest BCUT2D eigenvalue weighted by Crippen LogP contribution is 2.43. The van der Waals surface area contributed by atoms with Crippen molar-refractivity contribution in [1.82, 2.24) is 0 Å². The van der Waals surface area contributed by atoms with Gasteiger partial charge < -0.3 is 19.9 Å². The molecular formula is C28H29N3O4. The fourth-order valence-electron chi connectivity index (χ4n) is 4.73. The lowest BCUT2D eigenvalue weighted by Gasteiger charge is -2.43. The van der Waals surface area contributed by atoms with E-state index in [9.17, 15) is 14.4 Å². The van der Waals surface area contributed by atoms with Crippen molar-refractivity contribution in [3.05, 3.63) is 83.9 Å². The molecule has 0 bridgehead atoms. The molecule has 3 aromatic rings. The molecular weight excluding hydrogens is 442 g/mol. The van der Waals surface area contributed by atoms with E-state index in [0.29, 0.717) is 29.1 Å². The standard InChI is InChI=1S/C28H29N3O4/c1-18-16-27(31(20(3)33)23-9-7-8-22(17-23)29-19(2)32)25-10-5-6-11-26(25)30(18)28(34)21-12-14-24(35-4)15-13-21/h5-15,17-18,27H,16H2,1-4H3,(H,29,32)/t18-,27+/m0/s1. The zero-order valence-electron chi connectivity index (χ0n) is 20.3. The van der Waals surface area contributed by atoms with Crippen molar-refractivity contribution in [1.29, 1.82) is 0 Å². The molecule has 180 valence electrons. The van der Waals surface area contributed by atoms with E-state index in [-0.39, 0.29) is 29.8 Å². The molecule has 0 unspecified atom stereocenters. The zero-order chi connectivity index (χ0) is 25.1. The van der Waals surface area contributed by atoms with Gasteiger partial charge in [0.2, 0.25) is 11.8 Å². The van der Waals surface area contributed by atoms with Crippen molar-refractivity contribution in [2.45, 2.75) is 39.3 Å². The van der Waals surface area contributed by atoms with Gasteiger partial charge in [-0.2, -0.15) is 0 Å². The van der Waals surface area contributed by atoms with Crippen molar-refractivity contribution < 1.29 is 19.1 Å². The Kier molecular flexibility index (Phi) is 6.87. The first-order valence-electron chi connectivity index (χ1n) is 11.5. The molecule has 0 spiro atoms. The maximum atomic E-state index is 13.6. The lowest BCUT2D eigenvalue weighted by Crippen LogP contribution is -2.47. The summed E-state index contributed by atoms with van der Waals surface area (Å²) >= 11 is 0. The number of fused-ring (bicyclic) bond motifs is 1. The largest absolute Gasteiger partial charge is 0.497 e. The Labute approximate surface area is 205 Å². The first kappa shape index (κ1) is 24.0. The Morgan fingerprint density at radius 1 is 0.971 bits per heavy atom. The molecule has 3 amide bonds. The minimum absolute atomic E-state index is 0.104. The van der Waals surface area contributed by atoms with Crippen LogP contribution < -0.4 is 19.9 Å². The van der Waals surface area contributed by atoms with Crippen LogP contribution in [-0.4, -0.2) is 30.9 Å². The molecule has 0 saturated heterocycles. The summed E-state index contributed by atoms with van der Waals surface area (Å²) in [6.07, 6.45) is 0.558. The maximum absolute atomic E-state index is 13.6. The van der Waals surface area contributed by atoms with Crippen LogP contribution in [0.15, 0.2) is 72.8 Å². The first-order valence-corrected chi connectivity index (χ1v) is 11.5. The van der Waals surface area contributed by atoms with Crippen LogP contribution in [0, 0.1) is 0 Å². The Morgan fingerprint density at radius 2 is 1.69 bits per heavy atom. The maximum Gasteiger partial charge on any atom is 0.258 e. The molecule has 0 radical (unpaired) electrons. The number of nitrogens with one attached hydrogen (secondary N) is 1. The minimum atomic E-state index is -0.272. The second-order valence-electron chi connectivity index (χ2n) is 8.68. The van der Waals surface area contributed by atoms with E-state index in [4.69, 9.17) is 4.74 Å². The molecule has 0 fully saturated rings. The smallest absolute Gasteiger partial charge is 0.258 e. The third kappa shape index (κ3) is 4.89. The van der Waals surface area contributed by atoms with Crippen molar-refractivity contribution in [3.63, 3.8) is 0 Å². The topological polar surface area (TPSA) is 79.0 Å². The van der Waals surface area contributed by atoms with Gasteiger partial charge in [0.15, 0.2) is 0 Å². The summed E-state index contributed by atoms with van der Waals surface area (Å²) in [7, 11) is 1.59. The quantitative estimate of drug-likeness (QED) is 0.556. The average Bonchev–Trinajstić information content (AvgIpc) is 2.83. The lowest BCUT2D eigenvalue weighted by molar-refractivity contribution is -0.117. The van der Waals surface area contributed by atoms with Gasteiger partial charge in [-0.25, -0.2) is 0 Å². The summed E-state index contributed by atoms with van der Waals surface area (Å²) in [5.74, 6) is 0.285. The molecule has 3 aromatic carbocycles. The fourth-order valence-corrected chi connectivity index (χ4v) is 4.73. The van der Waals surface area contributed by atoms with Gasteiger partial charge in [0, 0.05) is 42.5 Å². The van der Waals surface area contributed by atoms with Gasteiger partial charge in [-0.3, -0.25) is 14.4 Å². The monoisotopic (exact) mass is 471 g/mol. The number of ether oxygens (including phenoxy) is 1.